The van der Waals surface area contributed by atoms with Crippen LogP contribution in [0.2, 0.25) is 0 Å². The summed E-state index contributed by atoms with van der Waals surface area (Å²) in [5.41, 5.74) is 4.97. The monoisotopic (exact) mass is 394 g/mol. The number of rotatable bonds is 6. The number of aryl methyl sites for hydroxylation is 2. The molecule has 0 aliphatic heterocycles. The van der Waals surface area contributed by atoms with Gasteiger partial charge in [-0.1, -0.05) is 0 Å². The van der Waals surface area contributed by atoms with Gasteiger partial charge in [0.25, 0.3) is 0 Å². The lowest BCUT2D eigenvalue weighted by atomic mass is 10.1. The van der Waals surface area contributed by atoms with E-state index in [4.69, 9.17) is 9.97 Å². The molecule has 0 unspecified atom stereocenters. The minimum Gasteiger partial charge on any atom is -0.354 e. The van der Waals surface area contributed by atoms with Crippen LogP contribution in [-0.2, 0) is 6.42 Å². The summed E-state index contributed by atoms with van der Waals surface area (Å²) in [6.45, 7) is 4.80. The van der Waals surface area contributed by atoms with Gasteiger partial charge in [-0.05, 0) is 36.2 Å². The zero-order valence-corrected chi connectivity index (χ0v) is 16.6. The van der Waals surface area contributed by atoms with Gasteiger partial charge in [0.15, 0.2) is 0 Å². The molecular weight excluding hydrogens is 376 g/mol. The molecule has 136 valence electrons. The zero-order valence-electron chi connectivity index (χ0n) is 15.0. The van der Waals surface area contributed by atoms with E-state index in [1.54, 1.807) is 41.3 Å². The van der Waals surface area contributed by atoms with Crippen LogP contribution in [0.4, 0.5) is 5.95 Å². The van der Waals surface area contributed by atoms with Crippen molar-refractivity contribution < 1.29 is 0 Å². The molecule has 0 fully saturated rings. The Balaban J connectivity index is 1.61. The third-order valence-corrected chi connectivity index (χ3v) is 5.90. The minimum atomic E-state index is 0.596. The smallest absolute Gasteiger partial charge is 0.223 e. The molecule has 4 aromatic heterocycles. The fraction of sp³-hybridized carbons (Fsp3) is 0.211. The molecule has 4 heterocycles. The van der Waals surface area contributed by atoms with Crippen LogP contribution in [0.25, 0.3) is 21.8 Å². The summed E-state index contributed by atoms with van der Waals surface area (Å²) in [6, 6.07) is 2.08. The number of aromatic nitrogens is 5. The lowest BCUT2D eigenvalue weighted by Gasteiger charge is -2.09. The standard InChI is InChI=1S/C19H18N6S2/c1-12-13(2)27-18(24-12)17-16(14-4-8-26-11-14)10-23-19(25-17)22-5-3-15-9-20-6-7-21-15/h4,6-11H,3,5H2,1-2H3,(H,22,23,25). The SMILES string of the molecule is Cc1nc(-c2nc(NCCc3cnccn3)ncc2-c2ccsc2)sc1C. The van der Waals surface area contributed by atoms with E-state index in [0.29, 0.717) is 12.5 Å². The fourth-order valence-electron chi connectivity index (χ4n) is 2.59. The Morgan fingerprint density at radius 3 is 2.70 bits per heavy atom. The second-order valence-electron chi connectivity index (χ2n) is 6.00. The highest BCUT2D eigenvalue weighted by Crippen LogP contribution is 2.35. The van der Waals surface area contributed by atoms with Crippen molar-refractivity contribution in [3.8, 4) is 21.8 Å². The van der Waals surface area contributed by atoms with Gasteiger partial charge in [-0.25, -0.2) is 15.0 Å². The van der Waals surface area contributed by atoms with Gasteiger partial charge in [0, 0.05) is 48.2 Å². The summed E-state index contributed by atoms with van der Waals surface area (Å²) in [4.78, 5) is 23.6. The maximum atomic E-state index is 4.78. The summed E-state index contributed by atoms with van der Waals surface area (Å²) >= 11 is 3.33. The Morgan fingerprint density at radius 2 is 2.00 bits per heavy atom. The van der Waals surface area contributed by atoms with E-state index >= 15 is 0 Å². The van der Waals surface area contributed by atoms with E-state index in [-0.39, 0.29) is 0 Å². The molecule has 0 bridgehead atoms. The van der Waals surface area contributed by atoms with E-state index in [0.717, 1.165) is 39.6 Å². The number of thiazole rings is 1. The first kappa shape index (κ1) is 17.7. The number of nitrogens with zero attached hydrogens (tertiary/aromatic N) is 5. The summed E-state index contributed by atoms with van der Waals surface area (Å²) < 4.78 is 0. The summed E-state index contributed by atoms with van der Waals surface area (Å²) in [7, 11) is 0. The highest BCUT2D eigenvalue weighted by molar-refractivity contribution is 7.15. The molecule has 0 amide bonds. The predicted octanol–water partition coefficient (Wildman–Crippen LogP) is 4.39. The van der Waals surface area contributed by atoms with Gasteiger partial charge in [0.05, 0.1) is 11.4 Å². The van der Waals surface area contributed by atoms with Crippen molar-refractivity contribution in [1.82, 2.24) is 24.9 Å². The van der Waals surface area contributed by atoms with Crippen LogP contribution < -0.4 is 5.32 Å². The molecule has 0 aromatic carbocycles. The molecule has 8 heteroatoms. The van der Waals surface area contributed by atoms with Crippen LogP contribution in [0.1, 0.15) is 16.3 Å². The Morgan fingerprint density at radius 1 is 1.07 bits per heavy atom. The van der Waals surface area contributed by atoms with Crippen molar-refractivity contribution >= 4 is 28.6 Å². The number of thiophene rings is 1. The highest BCUT2D eigenvalue weighted by atomic mass is 32.1. The second-order valence-corrected chi connectivity index (χ2v) is 7.99. The quantitative estimate of drug-likeness (QED) is 0.523. The van der Waals surface area contributed by atoms with Crippen molar-refractivity contribution in [2.75, 3.05) is 11.9 Å². The molecule has 4 aromatic rings. The van der Waals surface area contributed by atoms with Crippen LogP contribution >= 0.6 is 22.7 Å². The van der Waals surface area contributed by atoms with Crippen LogP contribution in [0.5, 0.6) is 0 Å². The lowest BCUT2D eigenvalue weighted by Crippen LogP contribution is -2.09. The van der Waals surface area contributed by atoms with Gasteiger partial charge in [-0.15, -0.1) is 11.3 Å². The normalized spacial score (nSPS) is 10.9. The van der Waals surface area contributed by atoms with Gasteiger partial charge < -0.3 is 5.32 Å². The van der Waals surface area contributed by atoms with Crippen molar-refractivity contribution in [3.05, 3.63) is 57.9 Å². The van der Waals surface area contributed by atoms with Gasteiger partial charge in [-0.2, -0.15) is 11.3 Å². The van der Waals surface area contributed by atoms with Crippen molar-refractivity contribution in [2.24, 2.45) is 0 Å². The number of nitrogens with one attached hydrogen (secondary N) is 1. The van der Waals surface area contributed by atoms with Gasteiger partial charge in [0.1, 0.15) is 10.7 Å². The first-order valence-corrected chi connectivity index (χ1v) is 10.3. The van der Waals surface area contributed by atoms with E-state index < -0.39 is 0 Å². The minimum absolute atomic E-state index is 0.596. The van der Waals surface area contributed by atoms with Gasteiger partial charge in [0.2, 0.25) is 5.95 Å². The van der Waals surface area contributed by atoms with Gasteiger partial charge >= 0.3 is 0 Å². The number of hydrogen-bond donors (Lipinski definition) is 1. The topological polar surface area (TPSA) is 76.5 Å². The maximum absolute atomic E-state index is 4.78. The van der Waals surface area contributed by atoms with Gasteiger partial charge in [-0.3, -0.25) is 9.97 Å². The zero-order chi connectivity index (χ0) is 18.6. The number of anilines is 1. The molecule has 27 heavy (non-hydrogen) atoms. The summed E-state index contributed by atoms with van der Waals surface area (Å²) in [5, 5.41) is 8.38. The Labute approximate surface area is 165 Å². The Bertz CT molecular complexity index is 1010. The molecule has 0 spiro atoms. The molecule has 0 aliphatic carbocycles. The Hall–Kier alpha value is -2.71. The largest absolute Gasteiger partial charge is 0.354 e. The maximum Gasteiger partial charge on any atom is 0.223 e. The molecule has 4 rings (SSSR count). The fourth-order valence-corrected chi connectivity index (χ4v) is 4.17. The van der Waals surface area contributed by atoms with E-state index in [2.05, 4.69) is 44.0 Å². The second kappa shape index (κ2) is 7.89. The molecule has 1 N–H and O–H groups in total. The van der Waals surface area contributed by atoms with Crippen molar-refractivity contribution in [3.63, 3.8) is 0 Å². The Kier molecular flexibility index (Phi) is 5.17. The van der Waals surface area contributed by atoms with E-state index in [9.17, 15) is 0 Å². The van der Waals surface area contributed by atoms with E-state index in [1.165, 1.54) is 4.88 Å². The highest BCUT2D eigenvalue weighted by Gasteiger charge is 2.16. The molecule has 0 aliphatic rings. The number of hydrogen-bond acceptors (Lipinski definition) is 8. The summed E-state index contributed by atoms with van der Waals surface area (Å²) in [5.74, 6) is 0.596. The first-order chi connectivity index (χ1) is 13.2. The average Bonchev–Trinajstić information content (AvgIpc) is 3.33. The van der Waals surface area contributed by atoms with Crippen LogP contribution in [0, 0.1) is 13.8 Å². The third kappa shape index (κ3) is 4.01. The molecule has 0 atom stereocenters. The molecular formula is C19H18N6S2. The molecule has 0 radical (unpaired) electrons. The average molecular weight is 395 g/mol. The summed E-state index contributed by atoms with van der Waals surface area (Å²) in [6.07, 6.45) is 7.78. The van der Waals surface area contributed by atoms with Crippen molar-refractivity contribution in [2.45, 2.75) is 20.3 Å². The molecule has 0 saturated carbocycles. The van der Waals surface area contributed by atoms with Crippen LogP contribution in [0.3, 0.4) is 0 Å². The third-order valence-electron chi connectivity index (χ3n) is 4.13. The van der Waals surface area contributed by atoms with Crippen LogP contribution in [0.15, 0.2) is 41.6 Å². The lowest BCUT2D eigenvalue weighted by molar-refractivity contribution is 0.926. The molecule has 0 saturated heterocycles. The predicted molar refractivity (Wildman–Crippen MR) is 110 cm³/mol. The molecule has 6 nitrogen and oxygen atoms in total. The first-order valence-electron chi connectivity index (χ1n) is 8.53. The van der Waals surface area contributed by atoms with E-state index in [1.807, 2.05) is 13.1 Å². The van der Waals surface area contributed by atoms with Crippen molar-refractivity contribution in [1.29, 1.82) is 0 Å². The van der Waals surface area contributed by atoms with Crippen LogP contribution in [-0.4, -0.2) is 31.5 Å².